The van der Waals surface area contributed by atoms with Crippen molar-refractivity contribution in [3.63, 3.8) is 0 Å². The van der Waals surface area contributed by atoms with Crippen molar-refractivity contribution < 1.29 is 9.47 Å². The summed E-state index contributed by atoms with van der Waals surface area (Å²) in [6.07, 6.45) is 1.94. The lowest BCUT2D eigenvalue weighted by atomic mass is 10.2. The van der Waals surface area contributed by atoms with Gasteiger partial charge in [0.2, 0.25) is 0 Å². The largest absolute Gasteiger partial charge is 0.492 e. The molecule has 4 heteroatoms. The molecule has 0 aliphatic rings. The van der Waals surface area contributed by atoms with Gasteiger partial charge in [-0.05, 0) is 38.0 Å². The molecule has 18 heavy (non-hydrogen) atoms. The first-order chi connectivity index (χ1) is 8.67. The molecule has 1 N–H and O–H groups in total. The van der Waals surface area contributed by atoms with E-state index in [1.54, 1.807) is 7.11 Å². The molecule has 0 fully saturated rings. The molecule has 0 amide bonds. The molecule has 1 unspecified atom stereocenters. The van der Waals surface area contributed by atoms with Gasteiger partial charge in [-0.2, -0.15) is 0 Å². The first-order valence-corrected chi connectivity index (χ1v) is 6.73. The van der Waals surface area contributed by atoms with Crippen molar-refractivity contribution in [1.29, 1.82) is 0 Å². The van der Waals surface area contributed by atoms with Crippen LogP contribution in [0.25, 0.3) is 0 Å². The first-order valence-electron chi connectivity index (χ1n) is 6.35. The second kappa shape index (κ2) is 8.22. The summed E-state index contributed by atoms with van der Waals surface area (Å²) in [5.41, 5.74) is 1.01. The highest BCUT2D eigenvalue weighted by molar-refractivity contribution is 6.32. The van der Waals surface area contributed by atoms with Crippen molar-refractivity contribution in [2.24, 2.45) is 0 Å². The van der Waals surface area contributed by atoms with Crippen molar-refractivity contribution in [2.45, 2.75) is 32.7 Å². The molecule has 0 aromatic heterocycles. The van der Waals surface area contributed by atoms with E-state index in [-0.39, 0.29) is 0 Å². The number of hydrogen-bond donors (Lipinski definition) is 1. The molecule has 0 saturated heterocycles. The van der Waals surface area contributed by atoms with Gasteiger partial charge in [-0.25, -0.2) is 0 Å². The minimum Gasteiger partial charge on any atom is -0.492 e. The van der Waals surface area contributed by atoms with E-state index in [1.165, 1.54) is 0 Å². The smallest absolute Gasteiger partial charge is 0.138 e. The minimum atomic E-state index is 0.350. The Morgan fingerprint density at radius 3 is 2.72 bits per heavy atom. The Morgan fingerprint density at radius 1 is 1.33 bits per heavy atom. The van der Waals surface area contributed by atoms with Crippen LogP contribution >= 0.6 is 11.6 Å². The normalized spacial score (nSPS) is 12.2. The summed E-state index contributed by atoms with van der Waals surface area (Å²) < 4.78 is 10.6. The fourth-order valence-electron chi connectivity index (χ4n) is 1.57. The van der Waals surface area contributed by atoms with Crippen LogP contribution in [0.3, 0.4) is 0 Å². The molecule has 102 valence electrons. The molecule has 0 aliphatic heterocycles. The van der Waals surface area contributed by atoms with E-state index in [4.69, 9.17) is 21.1 Å². The van der Waals surface area contributed by atoms with Gasteiger partial charge < -0.3 is 14.8 Å². The number of halogens is 1. The molecule has 0 spiro atoms. The summed E-state index contributed by atoms with van der Waals surface area (Å²) in [7, 11) is 1.71. The number of rotatable bonds is 8. The molecule has 0 aliphatic carbocycles. The summed E-state index contributed by atoms with van der Waals surface area (Å²) in [6.45, 7) is 5.63. The van der Waals surface area contributed by atoms with Crippen molar-refractivity contribution in [3.8, 4) is 5.75 Å². The molecule has 1 rings (SSSR count). The Bertz CT molecular complexity index is 358. The third kappa shape index (κ3) is 5.15. The highest BCUT2D eigenvalue weighted by Gasteiger charge is 2.05. The van der Waals surface area contributed by atoms with E-state index >= 15 is 0 Å². The molecule has 1 aromatic rings. The maximum atomic E-state index is 6.16. The van der Waals surface area contributed by atoms with E-state index in [0.29, 0.717) is 17.7 Å². The summed E-state index contributed by atoms with van der Waals surface area (Å²) in [4.78, 5) is 0. The monoisotopic (exact) mass is 271 g/mol. The molecule has 1 aromatic carbocycles. The highest BCUT2D eigenvalue weighted by atomic mass is 35.5. The average Bonchev–Trinajstić information content (AvgIpc) is 2.35. The van der Waals surface area contributed by atoms with Crippen LogP contribution in [0.2, 0.25) is 5.02 Å². The second-order valence-electron chi connectivity index (χ2n) is 4.32. The molecular formula is C14H22ClNO2. The van der Waals surface area contributed by atoms with E-state index < -0.39 is 0 Å². The number of hydrogen-bond acceptors (Lipinski definition) is 3. The zero-order chi connectivity index (χ0) is 13.4. The van der Waals surface area contributed by atoms with E-state index in [2.05, 4.69) is 19.2 Å². The van der Waals surface area contributed by atoms with Crippen LogP contribution in [-0.2, 0) is 4.74 Å². The zero-order valence-corrected chi connectivity index (χ0v) is 12.1. The van der Waals surface area contributed by atoms with Crippen molar-refractivity contribution >= 4 is 17.3 Å². The summed E-state index contributed by atoms with van der Waals surface area (Å²) in [6, 6.07) is 6.14. The summed E-state index contributed by atoms with van der Waals surface area (Å²) in [5.74, 6) is 0.744. The zero-order valence-electron chi connectivity index (χ0n) is 11.3. The molecule has 1 atom stereocenters. The number of anilines is 1. The van der Waals surface area contributed by atoms with Crippen LogP contribution in [0.4, 0.5) is 5.69 Å². The van der Waals surface area contributed by atoms with E-state index in [9.17, 15) is 0 Å². The third-order valence-corrected chi connectivity index (χ3v) is 2.86. The number of benzene rings is 1. The lowest BCUT2D eigenvalue weighted by Gasteiger charge is -2.16. The predicted molar refractivity (Wildman–Crippen MR) is 76.8 cm³/mol. The minimum absolute atomic E-state index is 0.350. The summed E-state index contributed by atoms with van der Waals surface area (Å²) in [5, 5.41) is 4.03. The molecule has 3 nitrogen and oxygen atoms in total. The van der Waals surface area contributed by atoms with Crippen molar-refractivity contribution in [1.82, 2.24) is 0 Å². The van der Waals surface area contributed by atoms with E-state index in [0.717, 1.165) is 30.9 Å². The van der Waals surface area contributed by atoms with Crippen molar-refractivity contribution in [2.75, 3.05) is 25.6 Å². The highest BCUT2D eigenvalue weighted by Crippen LogP contribution is 2.28. The summed E-state index contributed by atoms with van der Waals surface area (Å²) >= 11 is 6.16. The van der Waals surface area contributed by atoms with Gasteiger partial charge in [0.15, 0.2) is 0 Å². The van der Waals surface area contributed by atoms with Gasteiger partial charge in [-0.3, -0.25) is 0 Å². The standard InChI is InChI=1S/C14H22ClNO2/c1-4-8-18-14-6-5-12(10-13(14)15)16-11(2)7-9-17-3/h5-6,10-11,16H,4,7-9H2,1-3H3. The molecule has 0 saturated carbocycles. The Hall–Kier alpha value is -0.930. The van der Waals surface area contributed by atoms with Crippen LogP contribution in [0.5, 0.6) is 5.75 Å². The molecule has 0 bridgehead atoms. The fourth-order valence-corrected chi connectivity index (χ4v) is 1.81. The molecule has 0 radical (unpaired) electrons. The second-order valence-corrected chi connectivity index (χ2v) is 4.73. The SMILES string of the molecule is CCCOc1ccc(NC(C)CCOC)cc1Cl. The molecular weight excluding hydrogens is 250 g/mol. The van der Waals surface area contributed by atoms with E-state index in [1.807, 2.05) is 18.2 Å². The van der Waals surface area contributed by atoms with Crippen LogP contribution in [0, 0.1) is 0 Å². The van der Waals surface area contributed by atoms with Gasteiger partial charge in [0.05, 0.1) is 11.6 Å². The Kier molecular flexibility index (Phi) is 6.91. The Labute approximate surface area is 114 Å². The van der Waals surface area contributed by atoms with Crippen LogP contribution < -0.4 is 10.1 Å². The fraction of sp³-hybridized carbons (Fsp3) is 0.571. The molecule has 0 heterocycles. The van der Waals surface area contributed by atoms with Crippen LogP contribution in [0.15, 0.2) is 18.2 Å². The van der Waals surface area contributed by atoms with Crippen LogP contribution in [-0.4, -0.2) is 26.4 Å². The van der Waals surface area contributed by atoms with Gasteiger partial charge >= 0.3 is 0 Å². The van der Waals surface area contributed by atoms with Gasteiger partial charge in [0, 0.05) is 25.4 Å². The lowest BCUT2D eigenvalue weighted by molar-refractivity contribution is 0.191. The Balaban J connectivity index is 2.55. The van der Waals surface area contributed by atoms with Gasteiger partial charge in [-0.15, -0.1) is 0 Å². The third-order valence-electron chi connectivity index (χ3n) is 2.56. The maximum absolute atomic E-state index is 6.16. The first kappa shape index (κ1) is 15.1. The maximum Gasteiger partial charge on any atom is 0.138 e. The number of methoxy groups -OCH3 is 1. The number of nitrogens with one attached hydrogen (secondary N) is 1. The van der Waals surface area contributed by atoms with Gasteiger partial charge in [0.1, 0.15) is 5.75 Å². The van der Waals surface area contributed by atoms with Gasteiger partial charge in [-0.1, -0.05) is 18.5 Å². The Morgan fingerprint density at radius 2 is 2.11 bits per heavy atom. The quantitative estimate of drug-likeness (QED) is 0.776. The topological polar surface area (TPSA) is 30.5 Å². The van der Waals surface area contributed by atoms with Gasteiger partial charge in [0.25, 0.3) is 0 Å². The van der Waals surface area contributed by atoms with Crippen molar-refractivity contribution in [3.05, 3.63) is 23.2 Å². The average molecular weight is 272 g/mol. The number of ether oxygens (including phenoxy) is 2. The van der Waals surface area contributed by atoms with Crippen LogP contribution in [0.1, 0.15) is 26.7 Å². The lowest BCUT2D eigenvalue weighted by Crippen LogP contribution is -2.17. The predicted octanol–water partition coefficient (Wildman–Crippen LogP) is 3.97.